The van der Waals surface area contributed by atoms with E-state index in [1.807, 2.05) is 110 Å². The lowest BCUT2D eigenvalue weighted by atomic mass is 9.82. The summed E-state index contributed by atoms with van der Waals surface area (Å²) < 4.78 is 11.8. The van der Waals surface area contributed by atoms with Gasteiger partial charge in [0.2, 0.25) is 17.7 Å². The van der Waals surface area contributed by atoms with Crippen LogP contribution in [-0.2, 0) is 46.5 Å². The largest absolute Gasteiger partial charge is 0.465 e. The van der Waals surface area contributed by atoms with E-state index in [0.29, 0.717) is 43.4 Å². The molecule has 2 aromatic rings. The van der Waals surface area contributed by atoms with E-state index in [4.69, 9.17) is 14.6 Å². The highest BCUT2D eigenvalue weighted by molar-refractivity contribution is 5.92. The molecule has 3 rings (SSSR count). The molecule has 5 amide bonds. The van der Waals surface area contributed by atoms with E-state index in [2.05, 4.69) is 10.6 Å². The lowest BCUT2D eigenvalue weighted by Gasteiger charge is -2.41. The van der Waals surface area contributed by atoms with E-state index in [1.165, 1.54) is 11.9 Å². The average molecular weight is 1020 g/mol. The maximum Gasteiger partial charge on any atom is 0.410 e. The molecule has 4 N–H and O–H groups in total. The van der Waals surface area contributed by atoms with Crippen molar-refractivity contribution >= 4 is 41.5 Å². The Morgan fingerprint density at radius 3 is 2.00 bits per heavy atom. The van der Waals surface area contributed by atoms with Crippen molar-refractivity contribution in [1.29, 1.82) is 0 Å². The van der Waals surface area contributed by atoms with Gasteiger partial charge >= 0.3 is 12.2 Å². The van der Waals surface area contributed by atoms with E-state index in [0.717, 1.165) is 18.4 Å². The summed E-state index contributed by atoms with van der Waals surface area (Å²) in [5.74, 6) is -2.90. The van der Waals surface area contributed by atoms with Gasteiger partial charge in [-0.25, -0.2) is 9.59 Å². The highest BCUT2D eigenvalue weighted by atomic mass is 16.6. The number of hydrogen-bond acceptors (Lipinski definition) is 10. The van der Waals surface area contributed by atoms with Gasteiger partial charge in [-0.3, -0.25) is 24.0 Å². The van der Waals surface area contributed by atoms with Crippen molar-refractivity contribution < 1.29 is 53.2 Å². The van der Waals surface area contributed by atoms with Gasteiger partial charge < -0.3 is 45.0 Å². The van der Waals surface area contributed by atoms with Crippen LogP contribution in [0.3, 0.4) is 0 Å². The number of nitrogens with zero attached hydrogens (tertiary/aromatic N) is 3. The zero-order valence-electron chi connectivity index (χ0n) is 46.1. The van der Waals surface area contributed by atoms with Crippen molar-refractivity contribution in [3.05, 3.63) is 71.3 Å². The number of aliphatic hydroxyl groups is 1. The lowest BCUT2D eigenvalue weighted by Crippen LogP contribution is -2.54. The first kappa shape index (κ1) is 61.9. The van der Waals surface area contributed by atoms with Gasteiger partial charge in [0.25, 0.3) is 0 Å². The minimum atomic E-state index is -1.09. The minimum Gasteiger partial charge on any atom is -0.465 e. The smallest absolute Gasteiger partial charge is 0.410 e. The van der Waals surface area contributed by atoms with E-state index in [1.54, 1.807) is 38.1 Å². The van der Waals surface area contributed by atoms with E-state index >= 15 is 0 Å². The fourth-order valence-corrected chi connectivity index (χ4v) is 10.6. The number of benzene rings is 2. The lowest BCUT2D eigenvalue weighted by molar-refractivity contribution is -0.148. The van der Waals surface area contributed by atoms with Crippen LogP contribution in [0.25, 0.3) is 0 Å². The number of carboxylic acid groups (broad SMARTS) is 1. The number of carbonyl (C=O) groups is 7. The molecule has 1 saturated heterocycles. The summed E-state index contributed by atoms with van der Waals surface area (Å²) in [6, 6.07) is 14.3. The number of likely N-dealkylation sites (N-methyl/N-ethyl adjacent to an activating group) is 2. The second-order valence-electron chi connectivity index (χ2n) is 21.2. The zero-order valence-corrected chi connectivity index (χ0v) is 46.1. The van der Waals surface area contributed by atoms with Crippen molar-refractivity contribution in [3.63, 3.8) is 0 Å². The van der Waals surface area contributed by atoms with Gasteiger partial charge in [0.1, 0.15) is 12.4 Å². The molecule has 1 heterocycles. The molecule has 1 unspecified atom stereocenters. The summed E-state index contributed by atoms with van der Waals surface area (Å²) in [5.41, 5.74) is 2.22. The average Bonchev–Trinajstić information content (AvgIpc) is 3.85. The number of amides is 5. The van der Waals surface area contributed by atoms with Gasteiger partial charge in [0, 0.05) is 70.9 Å². The molecular weight excluding hydrogens is 931 g/mol. The van der Waals surface area contributed by atoms with Gasteiger partial charge in [-0.05, 0) is 73.0 Å². The molecule has 11 atom stereocenters. The summed E-state index contributed by atoms with van der Waals surface area (Å²) in [6.45, 7) is 19.9. The Kier molecular flexibility index (Phi) is 25.6. The van der Waals surface area contributed by atoms with Crippen LogP contribution in [0.5, 0.6) is 0 Å². The number of ketones is 2. The maximum absolute atomic E-state index is 14.7. The number of likely N-dealkylation sites (tertiary alicyclic amines) is 1. The maximum atomic E-state index is 14.7. The van der Waals surface area contributed by atoms with Gasteiger partial charge in [-0.15, -0.1) is 0 Å². The van der Waals surface area contributed by atoms with Crippen molar-refractivity contribution in [2.45, 2.75) is 170 Å². The summed E-state index contributed by atoms with van der Waals surface area (Å²) in [4.78, 5) is 99.0. The Hall–Kier alpha value is -5.35. The Bertz CT molecular complexity index is 2080. The predicted octanol–water partition coefficient (Wildman–Crippen LogP) is 8.48. The van der Waals surface area contributed by atoms with Crippen molar-refractivity contribution in [2.75, 3.05) is 34.3 Å². The predicted molar refractivity (Wildman–Crippen MR) is 282 cm³/mol. The van der Waals surface area contributed by atoms with Crippen LogP contribution >= 0.6 is 0 Å². The number of aliphatic hydroxyl groups excluding tert-OH is 1. The quantitative estimate of drug-likeness (QED) is 0.0545. The van der Waals surface area contributed by atoms with Gasteiger partial charge in [0.05, 0.1) is 36.8 Å². The monoisotopic (exact) mass is 1020 g/mol. The van der Waals surface area contributed by atoms with Crippen LogP contribution in [0.1, 0.15) is 143 Å². The molecule has 0 spiro atoms. The Morgan fingerprint density at radius 2 is 1.44 bits per heavy atom. The molecule has 0 aromatic heterocycles. The molecule has 1 fully saturated rings. The fraction of sp³-hybridized carbons (Fsp3) is 0.667. The third-order valence-corrected chi connectivity index (χ3v) is 15.3. The standard InChI is InChI=1S/C57H89N5O11/c1-14-37(7)52(49(72-13)33-50(65)62-30-20-24-46(62)44(15-2)39(9)54(67)59-40(10)53(66)43-22-17-16-18-23-43)60(11)55(68)45(35(3)4)32-48(64)51(36(5)6)61(12)57(71)73-34-42-27-25-41(26-28-42)31-47(63)38(8)21-19-29-58-56(69)70/h16-18,22-23,25-28,35-40,44-46,49,51-53,58,66H,14-15,19-21,24,29-34H2,1-13H3,(H,59,67)(H,69,70)/t37?,38-,39+,40+,44+,45-,46-,49+,51-,52-,53+/m0/s1. The highest BCUT2D eigenvalue weighted by Crippen LogP contribution is 2.34. The Balaban J connectivity index is 1.68. The second-order valence-corrected chi connectivity index (χ2v) is 21.2. The number of ether oxygens (including phenoxy) is 2. The molecular formula is C57H89N5O11. The Morgan fingerprint density at radius 1 is 0.808 bits per heavy atom. The first-order chi connectivity index (χ1) is 34.5. The molecule has 1 aliphatic heterocycles. The molecule has 1 aliphatic rings. The summed E-state index contributed by atoms with van der Waals surface area (Å²) in [5, 5.41) is 25.0. The van der Waals surface area contributed by atoms with Gasteiger partial charge in [-0.2, -0.15) is 0 Å². The first-order valence-corrected chi connectivity index (χ1v) is 26.6. The molecule has 0 aliphatic carbocycles. The molecule has 2 aromatic carbocycles. The number of hydrogen-bond donors (Lipinski definition) is 4. The summed E-state index contributed by atoms with van der Waals surface area (Å²) in [7, 11) is 4.80. The molecule has 0 radical (unpaired) electrons. The molecule has 73 heavy (non-hydrogen) atoms. The van der Waals surface area contributed by atoms with Crippen LogP contribution in [0.15, 0.2) is 54.6 Å². The van der Waals surface area contributed by atoms with Crippen LogP contribution in [0.2, 0.25) is 0 Å². The number of methoxy groups -OCH3 is 1. The third kappa shape index (κ3) is 17.9. The third-order valence-electron chi connectivity index (χ3n) is 15.3. The van der Waals surface area contributed by atoms with Gasteiger partial charge in [-0.1, -0.05) is 130 Å². The van der Waals surface area contributed by atoms with Crippen molar-refractivity contribution in [1.82, 2.24) is 25.3 Å². The molecule has 16 nitrogen and oxygen atoms in total. The molecule has 0 saturated carbocycles. The van der Waals surface area contributed by atoms with E-state index < -0.39 is 54.4 Å². The molecule has 0 bridgehead atoms. The fourth-order valence-electron chi connectivity index (χ4n) is 10.6. The SMILES string of the molecule is CCC(C)[C@@H]([C@@H](CC(=O)N1CCC[C@H]1[C@H](CC)[C@@H](C)C(=O)N[C@H](C)[C@@H](O)c1ccccc1)OC)N(C)C(=O)[C@@H](CC(=O)[C@H](C(C)C)N(C)C(=O)OCc1ccc(CC(=O)[C@@H](C)CCCNC(=O)O)cc1)C(C)C. The van der Waals surface area contributed by atoms with Crippen LogP contribution in [0.4, 0.5) is 9.59 Å². The number of Topliss-reactive ketones (excluding diaryl/α,β-unsaturated/α-hetero) is 2. The van der Waals surface area contributed by atoms with Crippen molar-refractivity contribution in [2.24, 2.45) is 41.4 Å². The Labute approximate surface area is 435 Å². The number of rotatable bonds is 30. The number of nitrogens with one attached hydrogen (secondary N) is 2. The first-order valence-electron chi connectivity index (χ1n) is 26.6. The molecule has 408 valence electrons. The minimum absolute atomic E-state index is 0.0186. The topological polar surface area (TPSA) is 212 Å². The normalized spacial score (nSPS) is 17.8. The summed E-state index contributed by atoms with van der Waals surface area (Å²) >= 11 is 0. The molecule has 16 heteroatoms. The van der Waals surface area contributed by atoms with E-state index in [-0.39, 0.29) is 97.3 Å². The van der Waals surface area contributed by atoms with Gasteiger partial charge in [0.15, 0.2) is 5.78 Å². The van der Waals surface area contributed by atoms with Crippen LogP contribution < -0.4 is 10.6 Å². The van der Waals surface area contributed by atoms with E-state index in [9.17, 15) is 38.7 Å². The summed E-state index contributed by atoms with van der Waals surface area (Å²) in [6.07, 6.45) is 0.841. The van der Waals surface area contributed by atoms with Crippen LogP contribution in [-0.4, -0.2) is 131 Å². The number of carbonyl (C=O) groups excluding carboxylic acids is 6. The van der Waals surface area contributed by atoms with Crippen LogP contribution in [0, 0.1) is 41.4 Å². The highest BCUT2D eigenvalue weighted by Gasteiger charge is 2.43. The zero-order chi connectivity index (χ0) is 54.7. The second kappa shape index (κ2) is 30.1. The van der Waals surface area contributed by atoms with Crippen molar-refractivity contribution in [3.8, 4) is 0 Å².